The van der Waals surface area contributed by atoms with Gasteiger partial charge in [-0.05, 0) is 36.4 Å². The largest absolute Gasteiger partial charge is 0.493 e. The number of para-hydroxylation sites is 1. The summed E-state index contributed by atoms with van der Waals surface area (Å²) < 4.78 is 16.0. The van der Waals surface area contributed by atoms with Gasteiger partial charge in [0, 0.05) is 12.1 Å². The van der Waals surface area contributed by atoms with Crippen molar-refractivity contribution in [3.05, 3.63) is 53.6 Å². The zero-order valence-corrected chi connectivity index (χ0v) is 14.6. The number of benzene rings is 2. The van der Waals surface area contributed by atoms with Gasteiger partial charge in [0.1, 0.15) is 12.7 Å². The van der Waals surface area contributed by atoms with Gasteiger partial charge in [0.05, 0.1) is 25.9 Å². The van der Waals surface area contributed by atoms with E-state index in [9.17, 15) is 9.90 Å². The molecular formula is C19H20N2O5. The van der Waals surface area contributed by atoms with Crippen LogP contribution in [0.3, 0.4) is 0 Å². The van der Waals surface area contributed by atoms with E-state index < -0.39 is 6.10 Å². The molecule has 2 N–H and O–H groups in total. The van der Waals surface area contributed by atoms with E-state index in [2.05, 4.69) is 5.32 Å². The Hall–Kier alpha value is -3.24. The predicted octanol–water partition coefficient (Wildman–Crippen LogP) is 1.75. The molecule has 0 fully saturated rings. The van der Waals surface area contributed by atoms with Crippen LogP contribution >= 0.6 is 0 Å². The maximum Gasteiger partial charge on any atom is 0.251 e. The minimum Gasteiger partial charge on any atom is -0.493 e. The number of hydrogen-bond donors (Lipinski definition) is 2. The Morgan fingerprint density at radius 2 is 1.77 bits per heavy atom. The van der Waals surface area contributed by atoms with E-state index in [1.165, 1.54) is 14.2 Å². The zero-order chi connectivity index (χ0) is 18.9. The Labute approximate surface area is 151 Å². The standard InChI is InChI=1S/C19H20N2O5/c1-24-16-4-3-5-17(25-2)18(16)26-12-15(22)11-21-19(23)14-8-6-13(10-20)7-9-14/h3-9,15,22H,11-12H2,1-2H3,(H,21,23). The molecular weight excluding hydrogens is 336 g/mol. The lowest BCUT2D eigenvalue weighted by Gasteiger charge is -2.17. The zero-order valence-electron chi connectivity index (χ0n) is 14.6. The van der Waals surface area contributed by atoms with Gasteiger partial charge in [-0.3, -0.25) is 4.79 Å². The number of rotatable bonds is 8. The Kier molecular flexibility index (Phi) is 6.83. The number of ether oxygens (including phenoxy) is 3. The van der Waals surface area contributed by atoms with E-state index >= 15 is 0 Å². The number of aliphatic hydroxyl groups is 1. The summed E-state index contributed by atoms with van der Waals surface area (Å²) in [6.07, 6.45) is -0.924. The lowest BCUT2D eigenvalue weighted by atomic mass is 10.1. The lowest BCUT2D eigenvalue weighted by molar-refractivity contribution is 0.0833. The Balaban J connectivity index is 1.88. The second-order valence-electron chi connectivity index (χ2n) is 5.36. The van der Waals surface area contributed by atoms with Gasteiger partial charge in [0.25, 0.3) is 5.91 Å². The van der Waals surface area contributed by atoms with Gasteiger partial charge in [0.2, 0.25) is 5.75 Å². The maximum absolute atomic E-state index is 12.0. The van der Waals surface area contributed by atoms with Gasteiger partial charge in [0.15, 0.2) is 11.5 Å². The van der Waals surface area contributed by atoms with Crippen molar-refractivity contribution >= 4 is 5.91 Å². The van der Waals surface area contributed by atoms with Crippen molar-refractivity contribution < 1.29 is 24.1 Å². The topological polar surface area (TPSA) is 101 Å². The smallest absolute Gasteiger partial charge is 0.251 e. The van der Waals surface area contributed by atoms with Crippen LogP contribution in [0.5, 0.6) is 17.2 Å². The van der Waals surface area contributed by atoms with Crippen molar-refractivity contribution in [2.45, 2.75) is 6.10 Å². The fraction of sp³-hybridized carbons (Fsp3) is 0.263. The number of aliphatic hydroxyl groups excluding tert-OH is 1. The van der Waals surface area contributed by atoms with E-state index in [1.807, 2.05) is 6.07 Å². The third-order valence-corrected chi connectivity index (χ3v) is 3.58. The molecule has 1 atom stereocenters. The number of methoxy groups -OCH3 is 2. The van der Waals surface area contributed by atoms with Crippen molar-refractivity contribution in [3.8, 4) is 23.3 Å². The molecule has 2 aromatic carbocycles. The minimum absolute atomic E-state index is 0.0102. The average Bonchev–Trinajstić information content (AvgIpc) is 2.70. The molecule has 136 valence electrons. The van der Waals surface area contributed by atoms with Crippen molar-refractivity contribution in [1.82, 2.24) is 5.32 Å². The van der Waals surface area contributed by atoms with E-state index in [-0.39, 0.29) is 19.1 Å². The summed E-state index contributed by atoms with van der Waals surface area (Å²) in [5, 5.41) is 21.4. The first-order chi connectivity index (χ1) is 12.6. The number of nitrogens with one attached hydrogen (secondary N) is 1. The van der Waals surface area contributed by atoms with Gasteiger partial charge in [-0.25, -0.2) is 0 Å². The third-order valence-electron chi connectivity index (χ3n) is 3.58. The van der Waals surface area contributed by atoms with Crippen LogP contribution in [0.25, 0.3) is 0 Å². The number of amides is 1. The predicted molar refractivity (Wildman–Crippen MR) is 94.5 cm³/mol. The van der Waals surface area contributed by atoms with Crippen molar-refractivity contribution in [2.24, 2.45) is 0 Å². The molecule has 0 aliphatic heterocycles. The molecule has 0 aliphatic rings. The SMILES string of the molecule is COc1cccc(OC)c1OCC(O)CNC(=O)c1ccc(C#N)cc1. The van der Waals surface area contributed by atoms with Crippen LogP contribution in [-0.4, -0.2) is 44.5 Å². The highest BCUT2D eigenvalue weighted by molar-refractivity contribution is 5.94. The third kappa shape index (κ3) is 4.88. The summed E-state index contributed by atoms with van der Waals surface area (Å²) in [5.74, 6) is 1.01. The van der Waals surface area contributed by atoms with E-state index in [0.717, 1.165) is 0 Å². The van der Waals surface area contributed by atoms with Crippen LogP contribution in [-0.2, 0) is 0 Å². The van der Waals surface area contributed by atoms with Crippen LogP contribution in [0, 0.1) is 11.3 Å². The molecule has 1 amide bonds. The first-order valence-electron chi connectivity index (χ1n) is 7.89. The Morgan fingerprint density at radius 3 is 2.31 bits per heavy atom. The highest BCUT2D eigenvalue weighted by Crippen LogP contribution is 2.36. The van der Waals surface area contributed by atoms with Gasteiger partial charge in [-0.15, -0.1) is 0 Å². The molecule has 0 saturated heterocycles. The highest BCUT2D eigenvalue weighted by Gasteiger charge is 2.15. The monoisotopic (exact) mass is 356 g/mol. The Bertz CT molecular complexity index is 761. The van der Waals surface area contributed by atoms with Crippen molar-refractivity contribution in [3.63, 3.8) is 0 Å². The van der Waals surface area contributed by atoms with Gasteiger partial charge in [-0.1, -0.05) is 6.07 Å². The molecule has 1 unspecified atom stereocenters. The second kappa shape index (κ2) is 9.30. The minimum atomic E-state index is -0.924. The number of carbonyl (C=O) groups is 1. The summed E-state index contributed by atoms with van der Waals surface area (Å²) in [7, 11) is 3.02. The molecule has 0 bridgehead atoms. The molecule has 7 heteroatoms. The van der Waals surface area contributed by atoms with Gasteiger partial charge < -0.3 is 24.6 Å². The summed E-state index contributed by atoms with van der Waals surface area (Å²) in [4.78, 5) is 12.0. The number of nitriles is 1. The van der Waals surface area contributed by atoms with Crippen LogP contribution in [0.4, 0.5) is 0 Å². The van der Waals surface area contributed by atoms with Crippen LogP contribution in [0.1, 0.15) is 15.9 Å². The fourth-order valence-corrected chi connectivity index (χ4v) is 2.21. The molecule has 0 radical (unpaired) electrons. The molecule has 2 aromatic rings. The molecule has 0 saturated carbocycles. The fourth-order valence-electron chi connectivity index (χ4n) is 2.21. The lowest BCUT2D eigenvalue weighted by Crippen LogP contribution is -2.35. The summed E-state index contributed by atoms with van der Waals surface area (Å²) in [6, 6.07) is 13.4. The molecule has 7 nitrogen and oxygen atoms in total. The number of hydrogen-bond acceptors (Lipinski definition) is 6. The second-order valence-corrected chi connectivity index (χ2v) is 5.36. The van der Waals surface area contributed by atoms with Crippen LogP contribution < -0.4 is 19.5 Å². The molecule has 0 heterocycles. The first-order valence-corrected chi connectivity index (χ1v) is 7.89. The van der Waals surface area contributed by atoms with Crippen molar-refractivity contribution in [2.75, 3.05) is 27.4 Å². The van der Waals surface area contributed by atoms with Gasteiger partial charge in [-0.2, -0.15) is 5.26 Å². The quantitative estimate of drug-likeness (QED) is 0.747. The van der Waals surface area contributed by atoms with Gasteiger partial charge >= 0.3 is 0 Å². The highest BCUT2D eigenvalue weighted by atomic mass is 16.5. The molecule has 0 spiro atoms. The van der Waals surface area contributed by atoms with E-state index in [4.69, 9.17) is 19.5 Å². The summed E-state index contributed by atoms with van der Waals surface area (Å²) >= 11 is 0. The molecule has 26 heavy (non-hydrogen) atoms. The average molecular weight is 356 g/mol. The molecule has 2 rings (SSSR count). The van der Waals surface area contributed by atoms with Crippen LogP contribution in [0.2, 0.25) is 0 Å². The Morgan fingerprint density at radius 1 is 1.15 bits per heavy atom. The molecule has 0 aromatic heterocycles. The molecule has 0 aliphatic carbocycles. The van der Waals surface area contributed by atoms with E-state index in [0.29, 0.717) is 28.4 Å². The first kappa shape index (κ1) is 19.1. The van der Waals surface area contributed by atoms with Crippen LogP contribution in [0.15, 0.2) is 42.5 Å². The normalized spacial score (nSPS) is 11.2. The number of nitrogens with zero attached hydrogens (tertiary/aromatic N) is 1. The van der Waals surface area contributed by atoms with E-state index in [1.54, 1.807) is 42.5 Å². The summed E-state index contributed by atoms with van der Waals surface area (Å²) in [5.41, 5.74) is 0.879. The van der Waals surface area contributed by atoms with Crippen molar-refractivity contribution in [1.29, 1.82) is 5.26 Å². The maximum atomic E-state index is 12.0. The number of carbonyl (C=O) groups excluding carboxylic acids is 1. The summed E-state index contributed by atoms with van der Waals surface area (Å²) in [6.45, 7) is -0.0410.